The Morgan fingerprint density at radius 1 is 1.62 bits per heavy atom. The molecule has 21 heavy (non-hydrogen) atoms. The van der Waals surface area contributed by atoms with Crippen molar-refractivity contribution in [1.29, 1.82) is 0 Å². The summed E-state index contributed by atoms with van der Waals surface area (Å²) in [6.07, 6.45) is 2.55. The van der Waals surface area contributed by atoms with E-state index in [0.29, 0.717) is 6.61 Å². The Morgan fingerprint density at radius 2 is 2.38 bits per heavy atom. The van der Waals surface area contributed by atoms with E-state index >= 15 is 0 Å². The van der Waals surface area contributed by atoms with Gasteiger partial charge in [0.1, 0.15) is 16.8 Å². The highest BCUT2D eigenvalue weighted by Gasteiger charge is 2.24. The number of nitrogens with one attached hydrogen (secondary N) is 1. The van der Waals surface area contributed by atoms with Gasteiger partial charge in [0.15, 0.2) is 0 Å². The molecule has 6 nitrogen and oxygen atoms in total. The molecular weight excluding hydrogens is 312 g/mol. The molecule has 2 atom stereocenters. The lowest BCUT2D eigenvalue weighted by atomic mass is 10.2. The predicted molar refractivity (Wildman–Crippen MR) is 80.7 cm³/mol. The number of rotatable bonds is 6. The molecule has 118 valence electrons. The molecule has 0 spiro atoms. The van der Waals surface area contributed by atoms with Crippen molar-refractivity contribution in [2.45, 2.75) is 39.2 Å². The maximum atomic E-state index is 12.0. The summed E-state index contributed by atoms with van der Waals surface area (Å²) in [5, 5.41) is 2.31. The highest BCUT2D eigenvalue weighted by Crippen LogP contribution is 2.30. The summed E-state index contributed by atoms with van der Waals surface area (Å²) in [5.41, 5.74) is 0.137. The highest BCUT2D eigenvalue weighted by atomic mass is 32.2. The third-order valence-corrected chi connectivity index (χ3v) is 5.85. The molecule has 0 aliphatic carbocycles. The van der Waals surface area contributed by atoms with E-state index in [1.807, 2.05) is 13.8 Å². The molecule has 1 fully saturated rings. The fraction of sp³-hybridized carbons (Fsp3) is 0.692. The van der Waals surface area contributed by atoms with E-state index in [-0.39, 0.29) is 23.5 Å². The van der Waals surface area contributed by atoms with Crippen LogP contribution in [0.4, 0.5) is 0 Å². The first-order valence-electron chi connectivity index (χ1n) is 7.03. The zero-order chi connectivity index (χ0) is 15.5. The van der Waals surface area contributed by atoms with Crippen LogP contribution in [-0.4, -0.2) is 31.7 Å². The van der Waals surface area contributed by atoms with Gasteiger partial charge in [0.2, 0.25) is 10.0 Å². The maximum absolute atomic E-state index is 12.0. The molecular formula is C13H20N2O4S2. The van der Waals surface area contributed by atoms with E-state index in [1.165, 1.54) is 11.3 Å². The molecule has 1 aliphatic rings. The first-order valence-corrected chi connectivity index (χ1v) is 9.56. The number of hydrogen-bond donors (Lipinski definition) is 1. The van der Waals surface area contributed by atoms with Crippen LogP contribution in [0, 0.1) is 5.92 Å². The molecule has 2 rings (SSSR count). The molecule has 0 unspecified atom stereocenters. The molecule has 1 aromatic heterocycles. The second-order valence-electron chi connectivity index (χ2n) is 5.30. The largest absolute Gasteiger partial charge is 0.371 e. The van der Waals surface area contributed by atoms with Gasteiger partial charge >= 0.3 is 0 Å². The lowest BCUT2D eigenvalue weighted by molar-refractivity contribution is 0.0973. The average Bonchev–Trinajstić information content (AvgIpc) is 3.08. The maximum Gasteiger partial charge on any atom is 0.284 e. The number of sulfonamides is 1. The van der Waals surface area contributed by atoms with Crippen LogP contribution in [0.2, 0.25) is 0 Å². The highest BCUT2D eigenvalue weighted by molar-refractivity contribution is 7.90. The van der Waals surface area contributed by atoms with E-state index in [9.17, 15) is 13.2 Å². The standard InChI is InChI=1S/C13H20N2O4S2/c1-3-9(2)8-21(17,18)15-12(16)10-7-20-13(14-10)11-5-4-6-19-11/h7,9,11H,3-6,8H2,1-2H3,(H,15,16)/t9-,11-/m0/s1. The van der Waals surface area contributed by atoms with E-state index in [0.717, 1.165) is 24.3 Å². The summed E-state index contributed by atoms with van der Waals surface area (Å²) in [6, 6.07) is 0. The summed E-state index contributed by atoms with van der Waals surface area (Å²) in [6.45, 7) is 4.45. The second kappa shape index (κ2) is 6.85. The average molecular weight is 332 g/mol. The number of thiazole rings is 1. The number of carbonyl (C=O) groups is 1. The number of nitrogens with zero attached hydrogens (tertiary/aromatic N) is 1. The van der Waals surface area contributed by atoms with Crippen LogP contribution in [-0.2, 0) is 14.8 Å². The lowest BCUT2D eigenvalue weighted by Crippen LogP contribution is -2.34. The Bertz CT molecular complexity index is 591. The van der Waals surface area contributed by atoms with Crippen LogP contribution in [0.1, 0.15) is 54.7 Å². The minimum absolute atomic E-state index is 0.00758. The van der Waals surface area contributed by atoms with Gasteiger partial charge in [0, 0.05) is 12.0 Å². The lowest BCUT2D eigenvalue weighted by Gasteiger charge is -2.09. The van der Waals surface area contributed by atoms with E-state index in [1.54, 1.807) is 5.38 Å². The van der Waals surface area contributed by atoms with Crippen molar-refractivity contribution in [3.63, 3.8) is 0 Å². The number of aromatic nitrogens is 1. The number of hydrogen-bond acceptors (Lipinski definition) is 6. The van der Waals surface area contributed by atoms with Crippen LogP contribution < -0.4 is 4.72 Å². The van der Waals surface area contributed by atoms with Gasteiger partial charge in [0.05, 0.1) is 5.75 Å². The minimum Gasteiger partial charge on any atom is -0.371 e. The molecule has 0 aromatic carbocycles. The van der Waals surface area contributed by atoms with Crippen molar-refractivity contribution in [1.82, 2.24) is 9.71 Å². The summed E-state index contributed by atoms with van der Waals surface area (Å²) in [4.78, 5) is 16.2. The summed E-state index contributed by atoms with van der Waals surface area (Å²) in [5.74, 6) is -0.718. The number of carbonyl (C=O) groups excluding carboxylic acids is 1. The molecule has 1 aliphatic heterocycles. The molecule has 2 heterocycles. The van der Waals surface area contributed by atoms with Gasteiger partial charge in [-0.2, -0.15) is 0 Å². The summed E-state index contributed by atoms with van der Waals surface area (Å²) in [7, 11) is -3.62. The summed E-state index contributed by atoms with van der Waals surface area (Å²) < 4.78 is 31.3. The topological polar surface area (TPSA) is 85.4 Å². The van der Waals surface area contributed by atoms with Gasteiger partial charge in [-0.3, -0.25) is 4.79 Å². The second-order valence-corrected chi connectivity index (χ2v) is 7.96. The van der Waals surface area contributed by atoms with E-state index in [2.05, 4.69) is 9.71 Å². The fourth-order valence-corrected chi connectivity index (χ4v) is 4.38. The Balaban J connectivity index is 2.00. The Hall–Kier alpha value is -0.990. The first kappa shape index (κ1) is 16.4. The Morgan fingerprint density at radius 3 is 3.00 bits per heavy atom. The smallest absolute Gasteiger partial charge is 0.284 e. The van der Waals surface area contributed by atoms with E-state index in [4.69, 9.17) is 4.74 Å². The molecule has 1 aromatic rings. The normalized spacial score (nSPS) is 20.4. The van der Waals surface area contributed by atoms with E-state index < -0.39 is 15.9 Å². The van der Waals surface area contributed by atoms with Crippen molar-refractivity contribution >= 4 is 27.3 Å². The van der Waals surface area contributed by atoms with Crippen molar-refractivity contribution in [2.75, 3.05) is 12.4 Å². The monoisotopic (exact) mass is 332 g/mol. The first-order chi connectivity index (χ1) is 9.91. The quantitative estimate of drug-likeness (QED) is 0.862. The van der Waals surface area contributed by atoms with Gasteiger partial charge in [-0.25, -0.2) is 18.1 Å². The Kier molecular flexibility index (Phi) is 5.34. The molecule has 0 bridgehead atoms. The van der Waals surface area contributed by atoms with Crippen LogP contribution in [0.25, 0.3) is 0 Å². The predicted octanol–water partition coefficient (Wildman–Crippen LogP) is 2.10. The fourth-order valence-electron chi connectivity index (χ4n) is 2.04. The molecule has 1 amide bonds. The number of amides is 1. The molecule has 1 N–H and O–H groups in total. The van der Waals surface area contributed by atoms with Crippen molar-refractivity contribution in [3.8, 4) is 0 Å². The van der Waals surface area contributed by atoms with Crippen molar-refractivity contribution < 1.29 is 17.9 Å². The van der Waals surface area contributed by atoms with Crippen LogP contribution >= 0.6 is 11.3 Å². The number of ether oxygens (including phenoxy) is 1. The molecule has 1 saturated heterocycles. The summed E-state index contributed by atoms with van der Waals surface area (Å²) >= 11 is 1.33. The van der Waals surface area contributed by atoms with Crippen LogP contribution in [0.5, 0.6) is 0 Å². The van der Waals surface area contributed by atoms with Gasteiger partial charge in [0.25, 0.3) is 5.91 Å². The van der Waals surface area contributed by atoms with Crippen molar-refractivity contribution in [2.24, 2.45) is 5.92 Å². The van der Waals surface area contributed by atoms with Crippen LogP contribution in [0.15, 0.2) is 5.38 Å². The molecule has 8 heteroatoms. The zero-order valence-corrected chi connectivity index (χ0v) is 13.8. The minimum atomic E-state index is -3.62. The van der Waals surface area contributed by atoms with Crippen LogP contribution in [0.3, 0.4) is 0 Å². The van der Waals surface area contributed by atoms with Crippen molar-refractivity contribution in [3.05, 3.63) is 16.1 Å². The third-order valence-electron chi connectivity index (χ3n) is 3.41. The van der Waals surface area contributed by atoms with Gasteiger partial charge < -0.3 is 4.74 Å². The van der Waals surface area contributed by atoms with Gasteiger partial charge in [-0.1, -0.05) is 20.3 Å². The molecule has 0 saturated carbocycles. The molecule has 0 radical (unpaired) electrons. The van der Waals surface area contributed by atoms with Gasteiger partial charge in [-0.05, 0) is 18.8 Å². The Labute approximate surface area is 129 Å². The van der Waals surface area contributed by atoms with Gasteiger partial charge in [-0.15, -0.1) is 11.3 Å². The third kappa shape index (κ3) is 4.49. The SMILES string of the molecule is CC[C@H](C)CS(=O)(=O)NC(=O)c1csc([C@@H]2CCCO2)n1. The zero-order valence-electron chi connectivity index (χ0n) is 12.2.